The van der Waals surface area contributed by atoms with Crippen LogP contribution in [0.25, 0.3) is 33.5 Å². The number of ether oxygens (including phenoxy) is 2. The second-order valence-electron chi connectivity index (χ2n) is 7.78. The Morgan fingerprint density at radius 1 is 0.886 bits per heavy atom. The molecule has 0 fully saturated rings. The van der Waals surface area contributed by atoms with Crippen molar-refractivity contribution in [1.82, 2.24) is 15.1 Å². The Morgan fingerprint density at radius 2 is 1.66 bits per heavy atom. The van der Waals surface area contributed by atoms with Crippen molar-refractivity contribution in [1.29, 1.82) is 0 Å². The van der Waals surface area contributed by atoms with Crippen LogP contribution in [0.5, 0.6) is 11.5 Å². The van der Waals surface area contributed by atoms with Gasteiger partial charge in [0, 0.05) is 23.4 Å². The average Bonchev–Trinajstić information content (AvgIpc) is 3.33. The largest absolute Gasteiger partial charge is 0.493 e. The molecule has 1 N–H and O–H groups in total. The lowest BCUT2D eigenvalue weighted by molar-refractivity contribution is 0.102. The van der Waals surface area contributed by atoms with Crippen LogP contribution in [0.15, 0.2) is 77.3 Å². The van der Waals surface area contributed by atoms with Gasteiger partial charge in [-0.25, -0.2) is 4.98 Å². The van der Waals surface area contributed by atoms with E-state index in [0.29, 0.717) is 51.2 Å². The van der Waals surface area contributed by atoms with Gasteiger partial charge in [-0.05, 0) is 42.5 Å². The molecule has 5 rings (SSSR count). The van der Waals surface area contributed by atoms with E-state index in [1.165, 1.54) is 0 Å². The first-order valence-corrected chi connectivity index (χ1v) is 10.9. The van der Waals surface area contributed by atoms with Crippen molar-refractivity contribution >= 4 is 22.5 Å². The molecule has 0 aliphatic rings. The van der Waals surface area contributed by atoms with Crippen LogP contribution in [0.4, 0.5) is 5.69 Å². The highest BCUT2D eigenvalue weighted by atomic mass is 16.5. The van der Waals surface area contributed by atoms with Crippen molar-refractivity contribution < 1.29 is 18.8 Å². The van der Waals surface area contributed by atoms with Gasteiger partial charge in [0.05, 0.1) is 36.7 Å². The lowest BCUT2D eigenvalue weighted by atomic mass is 10.0. The maximum absolute atomic E-state index is 13.6. The van der Waals surface area contributed by atoms with Crippen LogP contribution in [0.1, 0.15) is 16.2 Å². The average molecular weight is 466 g/mol. The minimum absolute atomic E-state index is 0.280. The van der Waals surface area contributed by atoms with E-state index in [-0.39, 0.29) is 5.91 Å². The standard InChI is InChI=1S/C27H22N4O4/c1-16-28-26(31-35-16)19-9-5-7-11-22(19)30-27(32)20-15-23(29-21-10-6-4-8-18(20)21)17-12-13-24(33-2)25(14-17)34-3/h4-15H,1-3H3,(H,30,32). The summed E-state index contributed by atoms with van der Waals surface area (Å²) in [5, 5.41) is 7.74. The number of aryl methyl sites for hydroxylation is 1. The molecule has 1 amide bonds. The van der Waals surface area contributed by atoms with Crippen LogP contribution in [0.3, 0.4) is 0 Å². The number of pyridine rings is 1. The number of nitrogens with zero attached hydrogens (tertiary/aromatic N) is 3. The molecule has 8 nitrogen and oxygen atoms in total. The highest BCUT2D eigenvalue weighted by Crippen LogP contribution is 2.33. The van der Waals surface area contributed by atoms with Crippen molar-refractivity contribution in [3.63, 3.8) is 0 Å². The summed E-state index contributed by atoms with van der Waals surface area (Å²) in [6.45, 7) is 1.72. The monoisotopic (exact) mass is 466 g/mol. The first-order chi connectivity index (χ1) is 17.1. The summed E-state index contributed by atoms with van der Waals surface area (Å²) in [6.07, 6.45) is 0. The van der Waals surface area contributed by atoms with E-state index >= 15 is 0 Å². The topological polar surface area (TPSA) is 99.4 Å². The third-order valence-corrected chi connectivity index (χ3v) is 5.58. The van der Waals surface area contributed by atoms with Gasteiger partial charge in [-0.3, -0.25) is 4.79 Å². The number of carbonyl (C=O) groups is 1. The number of para-hydroxylation sites is 2. The van der Waals surface area contributed by atoms with E-state index in [1.807, 2.05) is 60.7 Å². The summed E-state index contributed by atoms with van der Waals surface area (Å²) in [6, 6.07) is 22.2. The Kier molecular flexibility index (Phi) is 5.85. The molecule has 3 aromatic carbocycles. The van der Waals surface area contributed by atoms with Gasteiger partial charge < -0.3 is 19.3 Å². The summed E-state index contributed by atoms with van der Waals surface area (Å²) < 4.78 is 15.9. The van der Waals surface area contributed by atoms with Crippen LogP contribution in [0, 0.1) is 6.92 Å². The molecular weight excluding hydrogens is 444 g/mol. The summed E-state index contributed by atoms with van der Waals surface area (Å²) in [7, 11) is 3.17. The highest BCUT2D eigenvalue weighted by Gasteiger charge is 2.18. The van der Waals surface area contributed by atoms with E-state index in [1.54, 1.807) is 33.3 Å². The number of hydrogen-bond acceptors (Lipinski definition) is 7. The molecule has 35 heavy (non-hydrogen) atoms. The lowest BCUT2D eigenvalue weighted by Gasteiger charge is -2.13. The fourth-order valence-corrected chi connectivity index (χ4v) is 3.89. The van der Waals surface area contributed by atoms with E-state index < -0.39 is 0 Å². The quantitative estimate of drug-likeness (QED) is 0.351. The highest BCUT2D eigenvalue weighted by molar-refractivity contribution is 6.14. The number of methoxy groups -OCH3 is 2. The van der Waals surface area contributed by atoms with Crippen molar-refractivity contribution in [3.8, 4) is 34.1 Å². The molecule has 174 valence electrons. The predicted molar refractivity (Wildman–Crippen MR) is 133 cm³/mol. The second-order valence-corrected chi connectivity index (χ2v) is 7.78. The molecular formula is C27H22N4O4. The van der Waals surface area contributed by atoms with Crippen LogP contribution in [0.2, 0.25) is 0 Å². The number of nitrogens with one attached hydrogen (secondary N) is 1. The zero-order chi connectivity index (χ0) is 24.4. The summed E-state index contributed by atoms with van der Waals surface area (Å²) in [5.74, 6) is 1.77. The molecule has 8 heteroatoms. The van der Waals surface area contributed by atoms with Gasteiger partial charge in [0.15, 0.2) is 11.5 Å². The summed E-state index contributed by atoms with van der Waals surface area (Å²) in [4.78, 5) is 22.7. The number of amides is 1. The molecule has 0 unspecified atom stereocenters. The van der Waals surface area contributed by atoms with Gasteiger partial charge in [0.25, 0.3) is 5.91 Å². The lowest BCUT2D eigenvalue weighted by Crippen LogP contribution is -2.14. The molecule has 2 aromatic heterocycles. The molecule has 0 aliphatic heterocycles. The summed E-state index contributed by atoms with van der Waals surface area (Å²) >= 11 is 0. The fraction of sp³-hybridized carbons (Fsp3) is 0.111. The predicted octanol–water partition coefficient (Wildman–Crippen LogP) is 5.53. The van der Waals surface area contributed by atoms with E-state index in [2.05, 4.69) is 15.5 Å². The van der Waals surface area contributed by atoms with Gasteiger partial charge in [0.2, 0.25) is 11.7 Å². The Labute approximate surface area is 201 Å². The molecule has 0 saturated carbocycles. The molecule has 0 saturated heterocycles. The molecule has 0 bridgehead atoms. The summed E-state index contributed by atoms with van der Waals surface area (Å²) in [5.41, 5.74) is 3.86. The van der Waals surface area contributed by atoms with Gasteiger partial charge in [0.1, 0.15) is 0 Å². The molecule has 5 aromatic rings. The van der Waals surface area contributed by atoms with E-state index in [0.717, 1.165) is 10.9 Å². The van der Waals surface area contributed by atoms with Crippen molar-refractivity contribution in [2.75, 3.05) is 19.5 Å². The van der Waals surface area contributed by atoms with Crippen LogP contribution >= 0.6 is 0 Å². The van der Waals surface area contributed by atoms with Crippen molar-refractivity contribution in [2.45, 2.75) is 6.92 Å². The number of anilines is 1. The molecule has 0 aliphatic carbocycles. The number of carbonyl (C=O) groups excluding carboxylic acids is 1. The van der Waals surface area contributed by atoms with Crippen molar-refractivity contribution in [3.05, 3.63) is 84.3 Å². The first kappa shape index (κ1) is 22.1. The van der Waals surface area contributed by atoms with Gasteiger partial charge in [-0.15, -0.1) is 0 Å². The van der Waals surface area contributed by atoms with E-state index in [9.17, 15) is 4.79 Å². The van der Waals surface area contributed by atoms with Gasteiger partial charge in [-0.1, -0.05) is 35.5 Å². The second kappa shape index (κ2) is 9.26. The van der Waals surface area contributed by atoms with E-state index in [4.69, 9.17) is 19.0 Å². The minimum atomic E-state index is -0.280. The minimum Gasteiger partial charge on any atom is -0.493 e. The Balaban J connectivity index is 1.58. The smallest absolute Gasteiger partial charge is 0.256 e. The maximum Gasteiger partial charge on any atom is 0.256 e. The fourth-order valence-electron chi connectivity index (χ4n) is 3.89. The Morgan fingerprint density at radius 3 is 2.43 bits per heavy atom. The Bertz CT molecular complexity index is 1540. The Hall–Kier alpha value is -4.72. The molecule has 2 heterocycles. The van der Waals surface area contributed by atoms with Crippen LogP contribution < -0.4 is 14.8 Å². The third kappa shape index (κ3) is 4.29. The molecule has 0 atom stereocenters. The SMILES string of the molecule is COc1ccc(-c2cc(C(=O)Nc3ccccc3-c3noc(C)n3)c3ccccc3n2)cc1OC. The number of benzene rings is 3. The van der Waals surface area contributed by atoms with Crippen LogP contribution in [-0.4, -0.2) is 35.3 Å². The number of rotatable bonds is 6. The van der Waals surface area contributed by atoms with Gasteiger partial charge in [-0.2, -0.15) is 4.98 Å². The maximum atomic E-state index is 13.6. The first-order valence-electron chi connectivity index (χ1n) is 10.9. The zero-order valence-corrected chi connectivity index (χ0v) is 19.4. The van der Waals surface area contributed by atoms with Crippen molar-refractivity contribution in [2.24, 2.45) is 0 Å². The van der Waals surface area contributed by atoms with Crippen LogP contribution in [-0.2, 0) is 0 Å². The molecule has 0 radical (unpaired) electrons. The van der Waals surface area contributed by atoms with Gasteiger partial charge >= 0.3 is 0 Å². The third-order valence-electron chi connectivity index (χ3n) is 5.58. The number of aromatic nitrogens is 3. The number of hydrogen-bond donors (Lipinski definition) is 1. The molecule has 0 spiro atoms. The number of fused-ring (bicyclic) bond motifs is 1. The zero-order valence-electron chi connectivity index (χ0n) is 19.4. The normalized spacial score (nSPS) is 10.8.